The van der Waals surface area contributed by atoms with Gasteiger partial charge in [-0.05, 0) is 38.3 Å². The van der Waals surface area contributed by atoms with Crippen LogP contribution in [0.3, 0.4) is 0 Å². The Morgan fingerprint density at radius 2 is 1.91 bits per heavy atom. The molecule has 5 nitrogen and oxygen atoms in total. The summed E-state index contributed by atoms with van der Waals surface area (Å²) in [5.74, 6) is -0.647. The second-order valence-electron chi connectivity index (χ2n) is 6.19. The number of hydrogen-bond acceptors (Lipinski definition) is 3. The van der Waals surface area contributed by atoms with Gasteiger partial charge in [0.2, 0.25) is 0 Å². The summed E-state index contributed by atoms with van der Waals surface area (Å²) in [4.78, 5) is 25.3. The lowest BCUT2D eigenvalue weighted by atomic mass is 9.90. The molecule has 1 N–H and O–H groups in total. The molecule has 0 radical (unpaired) electrons. The van der Waals surface area contributed by atoms with Crippen molar-refractivity contribution in [3.8, 4) is 5.75 Å². The molecule has 1 aliphatic heterocycles. The average Bonchev–Trinajstić information content (AvgIpc) is 2.48. The van der Waals surface area contributed by atoms with Crippen LogP contribution in [0.2, 0.25) is 0 Å². The van der Waals surface area contributed by atoms with E-state index in [2.05, 4.69) is 0 Å². The van der Waals surface area contributed by atoms with Crippen molar-refractivity contribution in [3.63, 3.8) is 0 Å². The van der Waals surface area contributed by atoms with Crippen molar-refractivity contribution >= 4 is 11.9 Å². The fraction of sp³-hybridized carbons (Fsp3) is 0.529. The Bertz CT molecular complexity index is 540. The molecule has 5 heteroatoms. The monoisotopic (exact) mass is 305 g/mol. The third-order valence-corrected chi connectivity index (χ3v) is 4.00. The van der Waals surface area contributed by atoms with Crippen molar-refractivity contribution in [2.75, 3.05) is 13.1 Å². The summed E-state index contributed by atoms with van der Waals surface area (Å²) in [5.41, 5.74) is 1.13. The molecule has 0 spiro atoms. The first kappa shape index (κ1) is 16.3. The van der Waals surface area contributed by atoms with E-state index in [1.54, 1.807) is 11.8 Å². The highest BCUT2D eigenvalue weighted by Gasteiger charge is 2.34. The molecule has 1 aliphatic rings. The number of piperidine rings is 1. The third kappa shape index (κ3) is 4.00. The zero-order valence-electron chi connectivity index (χ0n) is 13.3. The van der Waals surface area contributed by atoms with E-state index >= 15 is 0 Å². The van der Waals surface area contributed by atoms with Gasteiger partial charge in [-0.1, -0.05) is 24.6 Å². The van der Waals surface area contributed by atoms with Crippen LogP contribution >= 0.6 is 0 Å². The Morgan fingerprint density at radius 3 is 2.50 bits per heavy atom. The Kier molecular flexibility index (Phi) is 5.06. The Hall–Kier alpha value is -2.04. The molecule has 1 saturated heterocycles. The minimum absolute atomic E-state index is 0.154. The van der Waals surface area contributed by atoms with Crippen molar-refractivity contribution in [2.45, 2.75) is 33.3 Å². The van der Waals surface area contributed by atoms with Crippen molar-refractivity contribution < 1.29 is 19.4 Å². The molecule has 1 heterocycles. The van der Waals surface area contributed by atoms with Gasteiger partial charge in [0.05, 0.1) is 5.92 Å². The summed E-state index contributed by atoms with van der Waals surface area (Å²) >= 11 is 0. The maximum Gasteiger partial charge on any atom is 0.308 e. The predicted molar refractivity (Wildman–Crippen MR) is 82.8 cm³/mol. The second-order valence-corrected chi connectivity index (χ2v) is 6.19. The number of nitrogens with zero attached hydrogens (tertiary/aromatic N) is 1. The number of carbonyl (C=O) groups excluding carboxylic acids is 1. The maximum atomic E-state index is 12.5. The van der Waals surface area contributed by atoms with Crippen molar-refractivity contribution in [1.29, 1.82) is 0 Å². The smallest absolute Gasteiger partial charge is 0.308 e. The summed E-state index contributed by atoms with van der Waals surface area (Å²) in [6.07, 6.45) is -0.00536. The van der Waals surface area contributed by atoms with E-state index in [-0.39, 0.29) is 18.4 Å². The van der Waals surface area contributed by atoms with E-state index in [1.165, 1.54) is 0 Å². The number of carbonyl (C=O) groups is 2. The molecule has 0 saturated carbocycles. The van der Waals surface area contributed by atoms with Crippen LogP contribution in [-0.4, -0.2) is 41.1 Å². The van der Waals surface area contributed by atoms with E-state index in [9.17, 15) is 14.7 Å². The van der Waals surface area contributed by atoms with Crippen LogP contribution in [0, 0.1) is 18.8 Å². The highest BCUT2D eigenvalue weighted by molar-refractivity contribution is 5.82. The van der Waals surface area contributed by atoms with Crippen LogP contribution in [-0.2, 0) is 9.59 Å². The third-order valence-electron chi connectivity index (χ3n) is 4.00. The van der Waals surface area contributed by atoms with Gasteiger partial charge in [0.25, 0.3) is 5.91 Å². The minimum atomic E-state index is -0.837. The van der Waals surface area contributed by atoms with Gasteiger partial charge in [-0.2, -0.15) is 0 Å². The molecule has 22 heavy (non-hydrogen) atoms. The Labute approximate surface area is 130 Å². The van der Waals surface area contributed by atoms with Gasteiger partial charge in [-0.25, -0.2) is 0 Å². The van der Waals surface area contributed by atoms with Crippen LogP contribution in [0.4, 0.5) is 0 Å². The van der Waals surface area contributed by atoms with Gasteiger partial charge in [-0.3, -0.25) is 9.59 Å². The molecule has 1 aromatic carbocycles. The summed E-state index contributed by atoms with van der Waals surface area (Å²) in [6.45, 7) is 6.52. The molecule has 120 valence electrons. The number of aliphatic carboxylic acids is 1. The van der Waals surface area contributed by atoms with E-state index in [0.29, 0.717) is 18.7 Å². The summed E-state index contributed by atoms with van der Waals surface area (Å²) < 4.78 is 5.68. The van der Waals surface area contributed by atoms with Crippen molar-refractivity contribution in [1.82, 2.24) is 4.90 Å². The van der Waals surface area contributed by atoms with Gasteiger partial charge in [0.1, 0.15) is 5.75 Å². The zero-order chi connectivity index (χ0) is 16.3. The number of amides is 1. The molecule has 0 bridgehead atoms. The zero-order valence-corrected chi connectivity index (χ0v) is 13.3. The molecule has 1 amide bonds. The largest absolute Gasteiger partial charge is 0.481 e. The number of rotatable bonds is 4. The molecule has 1 fully saturated rings. The number of hydrogen-bond donors (Lipinski definition) is 1. The number of carboxylic acid groups (broad SMARTS) is 1. The molecule has 3 atom stereocenters. The number of carboxylic acids is 1. The van der Waals surface area contributed by atoms with Gasteiger partial charge in [0, 0.05) is 13.1 Å². The van der Waals surface area contributed by atoms with Gasteiger partial charge >= 0.3 is 5.97 Å². The Balaban J connectivity index is 2.00. The van der Waals surface area contributed by atoms with Crippen LogP contribution in [0.25, 0.3) is 0 Å². The predicted octanol–water partition coefficient (Wildman–Crippen LogP) is 2.33. The topological polar surface area (TPSA) is 66.8 Å². The van der Waals surface area contributed by atoms with E-state index in [0.717, 1.165) is 5.56 Å². The SMILES string of the molecule is Cc1ccc(OC(C)C(=O)N2CC(C)CC(C(=O)O)C2)cc1. The van der Waals surface area contributed by atoms with Gasteiger partial charge < -0.3 is 14.7 Å². The van der Waals surface area contributed by atoms with E-state index < -0.39 is 18.0 Å². The number of ether oxygens (including phenoxy) is 1. The maximum absolute atomic E-state index is 12.5. The van der Waals surface area contributed by atoms with Crippen molar-refractivity contribution in [2.24, 2.45) is 11.8 Å². The average molecular weight is 305 g/mol. The Morgan fingerprint density at radius 1 is 1.27 bits per heavy atom. The number of aryl methyl sites for hydroxylation is 1. The van der Waals surface area contributed by atoms with E-state index in [4.69, 9.17) is 4.74 Å². The van der Waals surface area contributed by atoms with Crippen LogP contribution in [0.5, 0.6) is 5.75 Å². The summed E-state index contributed by atoms with van der Waals surface area (Å²) in [5, 5.41) is 9.19. The molecule has 0 aliphatic carbocycles. The normalized spacial score (nSPS) is 23.0. The number of benzene rings is 1. The molecule has 1 aromatic rings. The van der Waals surface area contributed by atoms with Crippen LogP contribution in [0.1, 0.15) is 25.8 Å². The number of likely N-dealkylation sites (tertiary alicyclic amines) is 1. The second kappa shape index (κ2) is 6.81. The van der Waals surface area contributed by atoms with Gasteiger partial charge in [-0.15, -0.1) is 0 Å². The van der Waals surface area contributed by atoms with E-state index in [1.807, 2.05) is 38.1 Å². The lowest BCUT2D eigenvalue weighted by Crippen LogP contribution is -2.49. The molecule has 3 unspecified atom stereocenters. The molecular weight excluding hydrogens is 282 g/mol. The minimum Gasteiger partial charge on any atom is -0.481 e. The fourth-order valence-electron chi connectivity index (χ4n) is 2.84. The first-order chi connectivity index (χ1) is 10.4. The standard InChI is InChI=1S/C17H23NO4/c1-11-4-6-15(7-5-11)22-13(3)16(19)18-9-12(2)8-14(10-18)17(20)21/h4-7,12-14H,8-10H2,1-3H3,(H,20,21). The van der Waals surface area contributed by atoms with Crippen molar-refractivity contribution in [3.05, 3.63) is 29.8 Å². The molecule has 0 aromatic heterocycles. The van der Waals surface area contributed by atoms with Gasteiger partial charge in [0.15, 0.2) is 6.10 Å². The lowest BCUT2D eigenvalue weighted by Gasteiger charge is -2.36. The fourth-order valence-corrected chi connectivity index (χ4v) is 2.84. The molecular formula is C17H23NO4. The summed E-state index contributed by atoms with van der Waals surface area (Å²) in [7, 11) is 0. The quantitative estimate of drug-likeness (QED) is 0.927. The first-order valence-electron chi connectivity index (χ1n) is 7.61. The first-order valence-corrected chi connectivity index (χ1v) is 7.61. The van der Waals surface area contributed by atoms with Crippen LogP contribution < -0.4 is 4.74 Å². The molecule has 2 rings (SSSR count). The lowest BCUT2D eigenvalue weighted by molar-refractivity contribution is -0.149. The van der Waals surface area contributed by atoms with Crippen LogP contribution in [0.15, 0.2) is 24.3 Å². The highest BCUT2D eigenvalue weighted by atomic mass is 16.5. The highest BCUT2D eigenvalue weighted by Crippen LogP contribution is 2.23. The summed E-state index contributed by atoms with van der Waals surface area (Å²) in [6, 6.07) is 7.52.